The third-order valence-electron chi connectivity index (χ3n) is 3.26. The van der Waals surface area contributed by atoms with E-state index < -0.39 is 0 Å². The van der Waals surface area contributed by atoms with Crippen LogP contribution in [-0.2, 0) is 6.42 Å². The first-order valence-corrected chi connectivity index (χ1v) is 5.08. The van der Waals surface area contributed by atoms with E-state index >= 15 is 0 Å². The smallest absolute Gasteiger partial charge is 0.0479 e. The van der Waals surface area contributed by atoms with Crippen LogP contribution in [0.2, 0.25) is 0 Å². The number of rotatable bonds is 0. The molecule has 2 bridgehead atoms. The van der Waals surface area contributed by atoms with Crippen LogP contribution < -0.4 is 5.32 Å². The van der Waals surface area contributed by atoms with Gasteiger partial charge in [-0.25, -0.2) is 0 Å². The highest BCUT2D eigenvalue weighted by atomic mass is 35.5. The third-order valence-corrected chi connectivity index (χ3v) is 3.26. The monoisotopic (exact) mass is 210 g/mol. The van der Waals surface area contributed by atoms with E-state index in [1.54, 1.807) is 0 Å². The van der Waals surface area contributed by atoms with E-state index in [2.05, 4.69) is 22.4 Å². The second-order valence-electron chi connectivity index (χ2n) is 4.21. The van der Waals surface area contributed by atoms with Crippen molar-refractivity contribution in [1.82, 2.24) is 10.3 Å². The first-order valence-electron chi connectivity index (χ1n) is 5.08. The standard InChI is InChI=1S/C11H14N2.ClH/c1-2-9-4-8-5-10(7-12-6-8)11(9)13-3-1;/h1-3,8,10,12H,4-7H2;1H. The molecular weight excluding hydrogens is 196 g/mol. The summed E-state index contributed by atoms with van der Waals surface area (Å²) in [4.78, 5) is 4.50. The molecule has 3 rings (SSSR count). The molecule has 1 aromatic heterocycles. The average molecular weight is 211 g/mol. The van der Waals surface area contributed by atoms with Crippen molar-refractivity contribution in [3.8, 4) is 0 Å². The normalized spacial score (nSPS) is 28.9. The van der Waals surface area contributed by atoms with Gasteiger partial charge in [0.2, 0.25) is 0 Å². The molecule has 1 aromatic rings. The number of piperidine rings is 1. The van der Waals surface area contributed by atoms with Crippen molar-refractivity contribution in [2.24, 2.45) is 5.92 Å². The lowest BCUT2D eigenvalue weighted by atomic mass is 9.77. The molecule has 2 nitrogen and oxygen atoms in total. The second-order valence-corrected chi connectivity index (χ2v) is 4.21. The number of hydrogen-bond acceptors (Lipinski definition) is 2. The maximum absolute atomic E-state index is 4.50. The zero-order valence-corrected chi connectivity index (χ0v) is 8.89. The molecule has 0 spiro atoms. The topological polar surface area (TPSA) is 24.9 Å². The maximum atomic E-state index is 4.50. The van der Waals surface area contributed by atoms with Crippen molar-refractivity contribution in [1.29, 1.82) is 0 Å². The Morgan fingerprint density at radius 1 is 1.36 bits per heavy atom. The molecule has 2 unspecified atom stereocenters. The Labute approximate surface area is 90.5 Å². The lowest BCUT2D eigenvalue weighted by molar-refractivity contribution is 0.313. The van der Waals surface area contributed by atoms with Gasteiger partial charge >= 0.3 is 0 Å². The molecule has 0 saturated carbocycles. The van der Waals surface area contributed by atoms with Gasteiger partial charge in [-0.3, -0.25) is 4.98 Å². The maximum Gasteiger partial charge on any atom is 0.0479 e. The van der Waals surface area contributed by atoms with Gasteiger partial charge in [-0.1, -0.05) is 6.07 Å². The SMILES string of the molecule is Cl.c1cnc2c(c1)CC1CNCC2C1. The molecule has 14 heavy (non-hydrogen) atoms. The summed E-state index contributed by atoms with van der Waals surface area (Å²) >= 11 is 0. The van der Waals surface area contributed by atoms with E-state index in [4.69, 9.17) is 0 Å². The Balaban J connectivity index is 0.000000750. The van der Waals surface area contributed by atoms with E-state index in [1.165, 1.54) is 30.6 Å². The van der Waals surface area contributed by atoms with Gasteiger partial charge in [-0.05, 0) is 36.9 Å². The second kappa shape index (κ2) is 3.87. The predicted octanol–water partition coefficient (Wildman–Crippen LogP) is 1.75. The van der Waals surface area contributed by atoms with Crippen LogP contribution >= 0.6 is 12.4 Å². The van der Waals surface area contributed by atoms with E-state index in [0.717, 1.165) is 12.5 Å². The van der Waals surface area contributed by atoms with Crippen LogP contribution in [0, 0.1) is 5.92 Å². The Hall–Kier alpha value is -0.600. The lowest BCUT2D eigenvalue weighted by Crippen LogP contribution is -2.39. The summed E-state index contributed by atoms with van der Waals surface area (Å²) < 4.78 is 0. The van der Waals surface area contributed by atoms with Gasteiger partial charge in [0.15, 0.2) is 0 Å². The minimum absolute atomic E-state index is 0. The minimum Gasteiger partial charge on any atom is -0.316 e. The minimum atomic E-state index is 0. The fraction of sp³-hybridized carbons (Fsp3) is 0.545. The molecule has 1 aliphatic heterocycles. The Kier molecular flexibility index (Phi) is 2.75. The first kappa shape index (κ1) is 9.94. The van der Waals surface area contributed by atoms with Crippen LogP contribution in [0.15, 0.2) is 18.3 Å². The molecular formula is C11H15ClN2. The largest absolute Gasteiger partial charge is 0.316 e. The number of hydrogen-bond donors (Lipinski definition) is 1. The van der Waals surface area contributed by atoms with Crippen molar-refractivity contribution in [2.45, 2.75) is 18.8 Å². The van der Waals surface area contributed by atoms with E-state index in [9.17, 15) is 0 Å². The van der Waals surface area contributed by atoms with Crippen LogP contribution in [-0.4, -0.2) is 18.1 Å². The molecule has 1 saturated heterocycles. The van der Waals surface area contributed by atoms with Crippen LogP contribution in [0.1, 0.15) is 23.6 Å². The molecule has 1 N–H and O–H groups in total. The zero-order chi connectivity index (χ0) is 8.67. The Morgan fingerprint density at radius 3 is 3.21 bits per heavy atom. The predicted molar refractivity (Wildman–Crippen MR) is 58.9 cm³/mol. The molecule has 1 fully saturated rings. The molecule has 2 aliphatic rings. The average Bonchev–Trinajstić information content (AvgIpc) is 2.18. The third kappa shape index (κ3) is 1.53. The van der Waals surface area contributed by atoms with Crippen molar-refractivity contribution >= 4 is 12.4 Å². The van der Waals surface area contributed by atoms with Crippen LogP contribution in [0.4, 0.5) is 0 Å². The van der Waals surface area contributed by atoms with Gasteiger partial charge in [0.1, 0.15) is 0 Å². The Morgan fingerprint density at radius 2 is 2.29 bits per heavy atom. The Bertz CT molecular complexity index is 327. The molecule has 0 radical (unpaired) electrons. The summed E-state index contributed by atoms with van der Waals surface area (Å²) in [6.45, 7) is 2.32. The van der Waals surface area contributed by atoms with Gasteiger partial charge in [-0.2, -0.15) is 0 Å². The van der Waals surface area contributed by atoms with Crippen molar-refractivity contribution in [2.75, 3.05) is 13.1 Å². The highest BCUT2D eigenvalue weighted by molar-refractivity contribution is 5.85. The quantitative estimate of drug-likeness (QED) is 0.706. The molecule has 2 heterocycles. The first-order chi connectivity index (χ1) is 6.43. The molecule has 2 atom stereocenters. The summed E-state index contributed by atoms with van der Waals surface area (Å²) in [6, 6.07) is 4.31. The fourth-order valence-corrected chi connectivity index (χ4v) is 2.70. The molecule has 76 valence electrons. The highest BCUT2D eigenvalue weighted by Crippen LogP contribution is 2.34. The van der Waals surface area contributed by atoms with Gasteiger partial charge in [0.25, 0.3) is 0 Å². The number of nitrogens with zero attached hydrogens (tertiary/aromatic N) is 1. The molecule has 0 aromatic carbocycles. The van der Waals surface area contributed by atoms with Gasteiger partial charge in [-0.15, -0.1) is 12.4 Å². The zero-order valence-electron chi connectivity index (χ0n) is 8.07. The number of pyridine rings is 1. The van der Waals surface area contributed by atoms with Crippen LogP contribution in [0.5, 0.6) is 0 Å². The molecule has 3 heteroatoms. The summed E-state index contributed by atoms with van der Waals surface area (Å²) in [5.41, 5.74) is 2.84. The van der Waals surface area contributed by atoms with Crippen molar-refractivity contribution in [3.05, 3.63) is 29.6 Å². The fourth-order valence-electron chi connectivity index (χ4n) is 2.70. The highest BCUT2D eigenvalue weighted by Gasteiger charge is 2.30. The number of nitrogens with one attached hydrogen (secondary N) is 1. The van der Waals surface area contributed by atoms with E-state index in [0.29, 0.717) is 5.92 Å². The van der Waals surface area contributed by atoms with Crippen molar-refractivity contribution in [3.63, 3.8) is 0 Å². The number of halogens is 1. The lowest BCUT2D eigenvalue weighted by Gasteiger charge is -2.35. The van der Waals surface area contributed by atoms with Gasteiger partial charge in [0.05, 0.1) is 0 Å². The molecule has 0 amide bonds. The summed E-state index contributed by atoms with van der Waals surface area (Å²) in [7, 11) is 0. The van der Waals surface area contributed by atoms with E-state index in [1.807, 2.05) is 6.20 Å². The number of fused-ring (bicyclic) bond motifs is 4. The number of aromatic nitrogens is 1. The summed E-state index contributed by atoms with van der Waals surface area (Å²) in [5.74, 6) is 1.54. The summed E-state index contributed by atoms with van der Waals surface area (Å²) in [6.07, 6.45) is 4.50. The van der Waals surface area contributed by atoms with Gasteiger partial charge < -0.3 is 5.32 Å². The van der Waals surface area contributed by atoms with E-state index in [-0.39, 0.29) is 12.4 Å². The van der Waals surface area contributed by atoms with Crippen LogP contribution in [0.25, 0.3) is 0 Å². The summed E-state index contributed by atoms with van der Waals surface area (Å²) in [5, 5.41) is 3.49. The van der Waals surface area contributed by atoms with Crippen molar-refractivity contribution < 1.29 is 0 Å². The van der Waals surface area contributed by atoms with Crippen LogP contribution in [0.3, 0.4) is 0 Å². The molecule has 1 aliphatic carbocycles. The van der Waals surface area contributed by atoms with Gasteiger partial charge in [0, 0.05) is 24.4 Å².